The summed E-state index contributed by atoms with van der Waals surface area (Å²) < 4.78 is 23.6. The second kappa shape index (κ2) is 6.00. The fraction of sp³-hybridized carbons (Fsp3) is 0.0714. The molecule has 0 bridgehead atoms. The molecule has 2 aromatic rings. The fourth-order valence-corrected chi connectivity index (χ4v) is 1.72. The van der Waals surface area contributed by atoms with Crippen molar-refractivity contribution in [3.05, 3.63) is 57.9 Å². The summed E-state index contributed by atoms with van der Waals surface area (Å²) in [6.07, 6.45) is 0.322. The first kappa shape index (κ1) is 14.4. The first-order chi connectivity index (χ1) is 10.1. The third-order valence-corrected chi connectivity index (χ3v) is 2.71. The smallest absolute Gasteiger partial charge is 0.314 e. The summed E-state index contributed by atoms with van der Waals surface area (Å²) in [6, 6.07) is 7.79. The molecule has 0 atom stereocenters. The number of nitrogens with zero attached hydrogens (tertiary/aromatic N) is 1. The minimum atomic E-state index is -0.731. The van der Waals surface area contributed by atoms with E-state index >= 15 is 0 Å². The molecule has 21 heavy (non-hydrogen) atoms. The van der Waals surface area contributed by atoms with Gasteiger partial charge in [0.15, 0.2) is 12.0 Å². The Morgan fingerprint density at radius 1 is 1.24 bits per heavy atom. The molecule has 0 saturated heterocycles. The lowest BCUT2D eigenvalue weighted by atomic mass is 10.2. The zero-order valence-electron chi connectivity index (χ0n) is 10.9. The number of carbonyl (C=O) groups excluding carboxylic acids is 1. The van der Waals surface area contributed by atoms with Gasteiger partial charge in [-0.1, -0.05) is 6.07 Å². The van der Waals surface area contributed by atoms with Crippen LogP contribution in [0, 0.1) is 15.9 Å². The highest BCUT2D eigenvalue weighted by atomic mass is 19.1. The minimum absolute atomic E-state index is 0.0236. The Morgan fingerprint density at radius 2 is 2.00 bits per heavy atom. The van der Waals surface area contributed by atoms with Gasteiger partial charge < -0.3 is 9.47 Å². The topological polar surface area (TPSA) is 78.7 Å². The van der Waals surface area contributed by atoms with Crippen molar-refractivity contribution in [2.45, 2.75) is 0 Å². The Kier molecular flexibility index (Phi) is 4.13. The predicted molar refractivity (Wildman–Crippen MR) is 71.5 cm³/mol. The molecule has 0 spiro atoms. The number of methoxy groups -OCH3 is 1. The second-order valence-electron chi connectivity index (χ2n) is 3.96. The molecule has 108 valence electrons. The molecule has 0 radical (unpaired) electrons. The van der Waals surface area contributed by atoms with Crippen LogP contribution in [0.1, 0.15) is 10.4 Å². The summed E-state index contributed by atoms with van der Waals surface area (Å²) in [5.74, 6) is -0.589. The molecule has 0 saturated carbocycles. The van der Waals surface area contributed by atoms with Crippen LogP contribution in [0.4, 0.5) is 10.1 Å². The molecule has 0 aliphatic carbocycles. The Hall–Kier alpha value is -2.96. The van der Waals surface area contributed by atoms with Crippen molar-refractivity contribution < 1.29 is 23.6 Å². The first-order valence-corrected chi connectivity index (χ1v) is 5.80. The molecule has 2 aromatic carbocycles. The van der Waals surface area contributed by atoms with E-state index in [1.807, 2.05) is 0 Å². The fourth-order valence-electron chi connectivity index (χ4n) is 1.72. The molecule has 7 heteroatoms. The van der Waals surface area contributed by atoms with E-state index in [0.717, 1.165) is 12.1 Å². The summed E-state index contributed by atoms with van der Waals surface area (Å²) in [7, 11) is 1.31. The van der Waals surface area contributed by atoms with E-state index < -0.39 is 10.7 Å². The number of hydrogen-bond acceptors (Lipinski definition) is 5. The molecule has 0 aliphatic heterocycles. The largest absolute Gasteiger partial charge is 0.490 e. The van der Waals surface area contributed by atoms with Gasteiger partial charge in [-0.2, -0.15) is 0 Å². The number of rotatable bonds is 5. The molecule has 0 amide bonds. The Morgan fingerprint density at radius 3 is 2.62 bits per heavy atom. The van der Waals surface area contributed by atoms with Crippen molar-refractivity contribution in [2.75, 3.05) is 7.11 Å². The van der Waals surface area contributed by atoms with Crippen LogP contribution < -0.4 is 9.47 Å². The lowest BCUT2D eigenvalue weighted by Gasteiger charge is -2.09. The quantitative estimate of drug-likeness (QED) is 0.479. The zero-order chi connectivity index (χ0) is 15.4. The van der Waals surface area contributed by atoms with E-state index in [4.69, 9.17) is 9.47 Å². The van der Waals surface area contributed by atoms with E-state index in [1.165, 1.54) is 31.4 Å². The predicted octanol–water partition coefficient (Wildman–Crippen LogP) is 3.35. The highest BCUT2D eigenvalue weighted by Crippen LogP contribution is 2.34. The van der Waals surface area contributed by atoms with Gasteiger partial charge in [-0.3, -0.25) is 14.9 Å². The third kappa shape index (κ3) is 2.97. The molecule has 2 rings (SSSR count). The van der Waals surface area contributed by atoms with Crippen LogP contribution in [0.25, 0.3) is 0 Å². The van der Waals surface area contributed by atoms with E-state index in [0.29, 0.717) is 6.29 Å². The van der Waals surface area contributed by atoms with E-state index in [-0.39, 0.29) is 28.5 Å². The van der Waals surface area contributed by atoms with Gasteiger partial charge in [0, 0.05) is 0 Å². The SMILES string of the molecule is COc1ccc(Oc2cccc(F)c2C=O)cc1[N+](=O)[O-]. The average molecular weight is 291 g/mol. The van der Waals surface area contributed by atoms with Crippen LogP contribution in [-0.4, -0.2) is 18.3 Å². The number of aldehydes is 1. The summed E-state index contributed by atoms with van der Waals surface area (Å²) >= 11 is 0. The first-order valence-electron chi connectivity index (χ1n) is 5.80. The van der Waals surface area contributed by atoms with Crippen LogP contribution in [0.15, 0.2) is 36.4 Å². The number of hydrogen-bond donors (Lipinski definition) is 0. The maximum absolute atomic E-state index is 13.4. The standard InChI is InChI=1S/C14H10FNO5/c1-20-14-6-5-9(7-12(14)16(18)19)21-13-4-2-3-11(15)10(13)8-17/h2-8H,1H3. The van der Waals surface area contributed by atoms with Crippen molar-refractivity contribution in [1.82, 2.24) is 0 Å². The second-order valence-corrected chi connectivity index (χ2v) is 3.96. The van der Waals surface area contributed by atoms with Gasteiger partial charge in [0.2, 0.25) is 0 Å². The van der Waals surface area contributed by atoms with E-state index in [2.05, 4.69) is 0 Å². The summed E-state index contributed by atoms with van der Waals surface area (Å²) in [5, 5.41) is 10.9. The monoisotopic (exact) mass is 291 g/mol. The van der Waals surface area contributed by atoms with Crippen LogP contribution in [-0.2, 0) is 0 Å². The van der Waals surface area contributed by atoms with Crippen LogP contribution in [0.5, 0.6) is 17.2 Å². The molecule has 0 aromatic heterocycles. The molecular formula is C14H10FNO5. The number of halogens is 1. The van der Waals surface area contributed by atoms with Crippen molar-refractivity contribution >= 4 is 12.0 Å². The number of nitro benzene ring substituents is 1. The van der Waals surface area contributed by atoms with Gasteiger partial charge in [-0.25, -0.2) is 4.39 Å². The normalized spacial score (nSPS) is 10.0. The summed E-state index contributed by atoms with van der Waals surface area (Å²) in [6.45, 7) is 0. The van der Waals surface area contributed by atoms with E-state index in [9.17, 15) is 19.3 Å². The lowest BCUT2D eigenvalue weighted by Crippen LogP contribution is -1.96. The highest BCUT2D eigenvalue weighted by molar-refractivity contribution is 5.79. The maximum atomic E-state index is 13.4. The van der Waals surface area contributed by atoms with Gasteiger partial charge in [-0.15, -0.1) is 0 Å². The molecule has 0 heterocycles. The van der Waals surface area contributed by atoms with Crippen LogP contribution >= 0.6 is 0 Å². The Labute approximate surface area is 118 Å². The van der Waals surface area contributed by atoms with Crippen molar-refractivity contribution in [3.63, 3.8) is 0 Å². The molecule has 6 nitrogen and oxygen atoms in total. The minimum Gasteiger partial charge on any atom is -0.490 e. The molecule has 0 N–H and O–H groups in total. The number of nitro groups is 1. The van der Waals surface area contributed by atoms with Gasteiger partial charge in [0.25, 0.3) is 0 Å². The molecule has 0 fully saturated rings. The maximum Gasteiger partial charge on any atom is 0.314 e. The van der Waals surface area contributed by atoms with Crippen molar-refractivity contribution in [1.29, 1.82) is 0 Å². The molecular weight excluding hydrogens is 281 g/mol. The van der Waals surface area contributed by atoms with Crippen LogP contribution in [0.2, 0.25) is 0 Å². The summed E-state index contributed by atoms with van der Waals surface area (Å²) in [4.78, 5) is 21.2. The van der Waals surface area contributed by atoms with Crippen molar-refractivity contribution in [3.8, 4) is 17.2 Å². The molecule has 0 unspecified atom stereocenters. The van der Waals surface area contributed by atoms with Crippen LogP contribution in [0.3, 0.4) is 0 Å². The van der Waals surface area contributed by atoms with Gasteiger partial charge in [0.05, 0.1) is 23.7 Å². The number of ether oxygens (including phenoxy) is 2. The Bertz CT molecular complexity index is 702. The number of benzene rings is 2. The van der Waals surface area contributed by atoms with E-state index in [1.54, 1.807) is 0 Å². The summed E-state index contributed by atoms with van der Waals surface area (Å²) in [5.41, 5.74) is -0.546. The van der Waals surface area contributed by atoms with Gasteiger partial charge >= 0.3 is 5.69 Å². The van der Waals surface area contributed by atoms with Crippen molar-refractivity contribution in [2.24, 2.45) is 0 Å². The highest BCUT2D eigenvalue weighted by Gasteiger charge is 2.17. The molecule has 0 aliphatic rings. The Balaban J connectivity index is 2.41. The average Bonchev–Trinajstić information content (AvgIpc) is 2.47. The van der Waals surface area contributed by atoms with Gasteiger partial charge in [-0.05, 0) is 24.3 Å². The lowest BCUT2D eigenvalue weighted by molar-refractivity contribution is -0.385. The number of carbonyl (C=O) groups is 1. The third-order valence-electron chi connectivity index (χ3n) is 2.71. The zero-order valence-corrected chi connectivity index (χ0v) is 10.9. The van der Waals surface area contributed by atoms with Gasteiger partial charge in [0.1, 0.15) is 17.3 Å².